The Morgan fingerprint density at radius 1 is 0.652 bits per heavy atom. The summed E-state index contributed by atoms with van der Waals surface area (Å²) in [6, 6.07) is 24.5. The smallest absolute Gasteiger partial charge is 0.393 e. The molecule has 21 heteroatoms. The zero-order valence-corrected chi connectivity index (χ0v) is 37.9. The van der Waals surface area contributed by atoms with Crippen molar-refractivity contribution >= 4 is 47.7 Å². The van der Waals surface area contributed by atoms with Gasteiger partial charge in [-0.05, 0) is 40.5 Å². The number of anilines is 1. The van der Waals surface area contributed by atoms with Gasteiger partial charge < -0.3 is 35.2 Å². The molecule has 0 radical (unpaired) electrons. The van der Waals surface area contributed by atoms with Crippen molar-refractivity contribution in [3.8, 4) is 22.3 Å². The van der Waals surface area contributed by atoms with Gasteiger partial charge in [0.25, 0.3) is 5.91 Å². The summed E-state index contributed by atoms with van der Waals surface area (Å²) in [4.78, 5) is 39.1. The van der Waals surface area contributed by atoms with E-state index in [2.05, 4.69) is 30.9 Å². The highest BCUT2D eigenvalue weighted by molar-refractivity contribution is 6.33. The summed E-state index contributed by atoms with van der Waals surface area (Å²) < 4.78 is 77.2. The number of nitrogens with zero attached hydrogens (tertiary/aromatic N) is 5. The number of hydrazine groups is 2. The van der Waals surface area contributed by atoms with Gasteiger partial charge in [0.05, 0.1) is 36.5 Å². The fourth-order valence-electron chi connectivity index (χ4n) is 5.68. The van der Waals surface area contributed by atoms with E-state index in [1.54, 1.807) is 54.6 Å². The quantitative estimate of drug-likeness (QED) is 0.0264. The third-order valence-corrected chi connectivity index (χ3v) is 8.64. The van der Waals surface area contributed by atoms with E-state index in [9.17, 15) is 35.9 Å². The fourth-order valence-corrected chi connectivity index (χ4v) is 5.91. The molecule has 0 aromatic heterocycles. The van der Waals surface area contributed by atoms with Gasteiger partial charge in [-0.15, -0.1) is 0 Å². The molecule has 4 aromatic carbocycles. The lowest BCUT2D eigenvalue weighted by molar-refractivity contribution is -0.134. The molecule has 0 fully saturated rings. The summed E-state index contributed by atoms with van der Waals surface area (Å²) in [5, 5.41) is 18.5. The maximum absolute atomic E-state index is 12.9. The molecular formula is C45H52ClF6N9O5. The number of rotatable bonds is 17. The Bertz CT molecular complexity index is 2350. The summed E-state index contributed by atoms with van der Waals surface area (Å²) in [5.74, 6) is 9.06. The van der Waals surface area contributed by atoms with Crippen molar-refractivity contribution in [3.05, 3.63) is 136 Å². The first kappa shape index (κ1) is 55.2. The Hall–Kier alpha value is -6.90. The van der Waals surface area contributed by atoms with Crippen molar-refractivity contribution in [1.82, 2.24) is 15.3 Å². The van der Waals surface area contributed by atoms with Gasteiger partial charge in [-0.1, -0.05) is 108 Å². The Morgan fingerprint density at radius 3 is 1.62 bits per heavy atom. The first-order chi connectivity index (χ1) is 31.2. The van der Waals surface area contributed by atoms with E-state index in [-0.39, 0.29) is 6.54 Å². The second kappa shape index (κ2) is 27.4. The fraction of sp³-hybridized carbons (Fsp3) is 0.267. The number of carbonyl (C=O) groups is 2. The van der Waals surface area contributed by atoms with Crippen molar-refractivity contribution in [2.24, 2.45) is 27.2 Å². The monoisotopic (exact) mass is 947 g/mol. The highest BCUT2D eigenvalue weighted by Crippen LogP contribution is 2.33. The van der Waals surface area contributed by atoms with E-state index in [1.807, 2.05) is 44.2 Å². The zero-order valence-electron chi connectivity index (χ0n) is 37.2. The molecule has 0 aliphatic rings. The van der Waals surface area contributed by atoms with Crippen molar-refractivity contribution in [1.29, 1.82) is 0 Å². The molecule has 0 bridgehead atoms. The molecule has 2 amide bonds. The molecular weight excluding hydrogens is 896 g/mol. The lowest BCUT2D eigenvalue weighted by Crippen LogP contribution is -2.30. The second-order valence-electron chi connectivity index (χ2n) is 13.4. The number of halogens is 7. The minimum atomic E-state index is -4.56. The van der Waals surface area contributed by atoms with Crippen molar-refractivity contribution in [3.63, 3.8) is 0 Å². The second-order valence-corrected chi connectivity index (χ2v) is 13.8. The van der Waals surface area contributed by atoms with E-state index in [0.717, 1.165) is 39.1 Å². The van der Waals surface area contributed by atoms with Crippen molar-refractivity contribution in [2.45, 2.75) is 45.6 Å². The van der Waals surface area contributed by atoms with Crippen LogP contribution in [0.25, 0.3) is 22.3 Å². The number of nitrogens with two attached hydrogens (primary N) is 2. The van der Waals surface area contributed by atoms with Gasteiger partial charge in [-0.25, -0.2) is 11.7 Å². The number of hydrogen-bond acceptors (Lipinski definition) is 12. The first-order valence-corrected chi connectivity index (χ1v) is 20.0. The summed E-state index contributed by atoms with van der Waals surface area (Å²) >= 11 is 6.27. The average molecular weight is 948 g/mol. The standard InChI is InChI=1S/C23H26F3N5O3.C20H20ClF3N4O2.C2H6/c1-31(27)15-20(11-23(24,25)26)22(32)28-12-18-6-4-5-7-21(18)16-8-9-17(13-29-33-2)19(10-16)14-30-34-3;1-28(25)12-15(10-20(22,23)24)19(29)27-18-6-4-3-5-16(18)13-7-8-14(11-26-30-2)17(21)9-13;1-2/h4-10,13-15H,11-12,27H2,1-3H3,(H,28,32);3-9,11-12H,10,25H2,1-2H3,(H,27,29);1-2H3/b20-15+,29-13+,30-14-;15-12+,26-11+;. The number of oxime groups is 3. The molecule has 0 aliphatic heterocycles. The molecule has 14 nitrogen and oxygen atoms in total. The number of carbonyl (C=O) groups excluding carboxylic acids is 2. The summed E-state index contributed by atoms with van der Waals surface area (Å²) in [6.07, 6.45) is -5.55. The molecule has 0 saturated carbocycles. The van der Waals surface area contributed by atoms with Crippen LogP contribution in [0.1, 0.15) is 48.9 Å². The van der Waals surface area contributed by atoms with Crippen LogP contribution in [0.4, 0.5) is 32.0 Å². The highest BCUT2D eigenvalue weighted by atomic mass is 35.5. The topological polar surface area (TPSA) is 181 Å². The molecule has 0 saturated heterocycles. The molecule has 4 rings (SSSR count). The van der Waals surface area contributed by atoms with Gasteiger partial charge in [-0.3, -0.25) is 9.59 Å². The Morgan fingerprint density at radius 2 is 1.11 bits per heavy atom. The van der Waals surface area contributed by atoms with Gasteiger partial charge >= 0.3 is 12.4 Å². The third-order valence-electron chi connectivity index (χ3n) is 8.32. The molecule has 4 aromatic rings. The number of para-hydroxylation sites is 1. The molecule has 6 N–H and O–H groups in total. The number of nitrogens with one attached hydrogen (secondary N) is 2. The van der Waals surface area contributed by atoms with Gasteiger partial charge in [0.15, 0.2) is 0 Å². The lowest BCUT2D eigenvalue weighted by atomic mass is 9.96. The Kier molecular flexibility index (Phi) is 23.0. The maximum atomic E-state index is 12.9. The van der Waals surface area contributed by atoms with Gasteiger partial charge in [0.1, 0.15) is 21.3 Å². The van der Waals surface area contributed by atoms with Crippen molar-refractivity contribution in [2.75, 3.05) is 40.7 Å². The van der Waals surface area contributed by atoms with E-state index in [4.69, 9.17) is 33.0 Å². The Labute approximate surface area is 384 Å². The van der Waals surface area contributed by atoms with E-state index < -0.39 is 48.2 Å². The van der Waals surface area contributed by atoms with Crippen molar-refractivity contribution < 1.29 is 50.4 Å². The number of benzene rings is 4. The van der Waals surface area contributed by atoms with Crippen LogP contribution in [0, 0.1) is 0 Å². The minimum Gasteiger partial charge on any atom is -0.399 e. The van der Waals surface area contributed by atoms with Gasteiger partial charge in [0, 0.05) is 72.1 Å². The van der Waals surface area contributed by atoms with Crippen LogP contribution in [0.5, 0.6) is 0 Å². The SMILES string of the molecule is CC.CO/N=C/c1ccc(-c2ccccc2NC(=O)/C(=C/N(C)N)CC(F)(F)F)cc1Cl.CO/N=C\c1cc(-c2ccccc2CNC(=O)/C(=C/N(C)N)CC(F)(F)F)ccc1/C=N/OC. The van der Waals surface area contributed by atoms with Crippen LogP contribution in [-0.4, -0.2) is 88.3 Å². The maximum Gasteiger partial charge on any atom is 0.393 e. The number of alkyl halides is 6. The number of amides is 2. The van der Waals surface area contributed by atoms with Crippen LogP contribution in [0.15, 0.2) is 124 Å². The average Bonchev–Trinajstić information content (AvgIpc) is 3.26. The highest BCUT2D eigenvalue weighted by Gasteiger charge is 2.33. The minimum absolute atomic E-state index is 0.00681. The normalized spacial score (nSPS) is 11.9. The van der Waals surface area contributed by atoms with Crippen LogP contribution in [-0.2, 0) is 30.6 Å². The largest absolute Gasteiger partial charge is 0.399 e. The molecule has 0 atom stereocenters. The van der Waals surface area contributed by atoms with Crippen LogP contribution >= 0.6 is 11.6 Å². The summed E-state index contributed by atoms with van der Waals surface area (Å²) in [7, 11) is 6.92. The van der Waals surface area contributed by atoms with Crippen LogP contribution in [0.2, 0.25) is 5.02 Å². The zero-order chi connectivity index (χ0) is 49.5. The Balaban J connectivity index is 0.000000440. The molecule has 0 unspecified atom stereocenters. The summed E-state index contributed by atoms with van der Waals surface area (Å²) in [5.41, 5.74) is 4.86. The summed E-state index contributed by atoms with van der Waals surface area (Å²) in [6.45, 7) is 4.01. The molecule has 0 spiro atoms. The predicted octanol–water partition coefficient (Wildman–Crippen LogP) is 9.17. The van der Waals surface area contributed by atoms with Crippen LogP contribution in [0.3, 0.4) is 0 Å². The lowest BCUT2D eigenvalue weighted by Gasteiger charge is -2.16. The molecule has 0 aliphatic carbocycles. The van der Waals surface area contributed by atoms with Gasteiger partial charge in [-0.2, -0.15) is 26.3 Å². The first-order valence-electron chi connectivity index (χ1n) is 19.7. The molecule has 66 heavy (non-hydrogen) atoms. The van der Waals surface area contributed by atoms with E-state index >= 15 is 0 Å². The number of hydrogen-bond donors (Lipinski definition) is 4. The van der Waals surface area contributed by atoms with Gasteiger partial charge in [0.2, 0.25) is 5.91 Å². The predicted molar refractivity (Wildman–Crippen MR) is 246 cm³/mol. The third kappa shape index (κ3) is 19.5. The van der Waals surface area contributed by atoms with E-state index in [1.165, 1.54) is 54.1 Å². The molecule has 0 heterocycles. The van der Waals surface area contributed by atoms with E-state index in [0.29, 0.717) is 38.5 Å². The molecule has 356 valence electrons. The van der Waals surface area contributed by atoms with Crippen LogP contribution < -0.4 is 22.3 Å².